The van der Waals surface area contributed by atoms with Crippen LogP contribution >= 0.6 is 0 Å². The Hall–Kier alpha value is -2.41. The van der Waals surface area contributed by atoms with Crippen molar-refractivity contribution in [3.8, 4) is 17.3 Å². The van der Waals surface area contributed by atoms with Crippen LogP contribution in [-0.2, 0) is 6.42 Å². The second-order valence-electron chi connectivity index (χ2n) is 5.11. The zero-order valence-electron chi connectivity index (χ0n) is 11.8. The topological polar surface area (TPSA) is 61.6 Å². The van der Waals surface area contributed by atoms with E-state index < -0.39 is 0 Å². The molecule has 4 heteroatoms. The Morgan fingerprint density at radius 2 is 1.85 bits per heavy atom. The Bertz CT molecular complexity index is 579. The molecule has 1 heterocycles. The minimum atomic E-state index is 0.234. The van der Waals surface area contributed by atoms with Gasteiger partial charge in [-0.25, -0.2) is 0 Å². The average Bonchev–Trinajstić information content (AvgIpc) is 2.46. The SMILES string of the molecule is CC(C)Cc1ccc(-c2ccc(NCC#N)nn2)cc1. The molecule has 102 valence electrons. The molecule has 0 saturated heterocycles. The van der Waals surface area contributed by atoms with Crippen LogP contribution in [0.4, 0.5) is 5.82 Å². The zero-order valence-corrected chi connectivity index (χ0v) is 11.8. The molecule has 0 spiro atoms. The first-order chi connectivity index (χ1) is 9.69. The van der Waals surface area contributed by atoms with Crippen molar-refractivity contribution in [2.45, 2.75) is 20.3 Å². The fourth-order valence-electron chi connectivity index (χ4n) is 1.99. The van der Waals surface area contributed by atoms with Crippen LogP contribution in [0.3, 0.4) is 0 Å². The highest BCUT2D eigenvalue weighted by atomic mass is 15.2. The van der Waals surface area contributed by atoms with Crippen LogP contribution in [0.15, 0.2) is 36.4 Å². The number of benzene rings is 1. The van der Waals surface area contributed by atoms with Gasteiger partial charge in [-0.1, -0.05) is 38.1 Å². The van der Waals surface area contributed by atoms with E-state index in [1.807, 2.05) is 18.2 Å². The lowest BCUT2D eigenvalue weighted by molar-refractivity contribution is 0.647. The van der Waals surface area contributed by atoms with Crippen molar-refractivity contribution in [2.24, 2.45) is 5.92 Å². The van der Waals surface area contributed by atoms with Crippen molar-refractivity contribution in [3.05, 3.63) is 42.0 Å². The summed E-state index contributed by atoms with van der Waals surface area (Å²) in [7, 11) is 0. The largest absolute Gasteiger partial charge is 0.356 e. The molecule has 0 atom stereocenters. The first kappa shape index (κ1) is 14.0. The van der Waals surface area contributed by atoms with Crippen LogP contribution in [-0.4, -0.2) is 16.7 Å². The second-order valence-corrected chi connectivity index (χ2v) is 5.11. The number of nitrogens with one attached hydrogen (secondary N) is 1. The molecule has 0 bridgehead atoms. The number of hydrogen-bond donors (Lipinski definition) is 1. The van der Waals surface area contributed by atoms with Gasteiger partial charge in [0.1, 0.15) is 12.4 Å². The van der Waals surface area contributed by atoms with E-state index in [2.05, 4.69) is 53.6 Å². The van der Waals surface area contributed by atoms with E-state index >= 15 is 0 Å². The maximum Gasteiger partial charge on any atom is 0.149 e. The lowest BCUT2D eigenvalue weighted by atomic mass is 10.0. The minimum absolute atomic E-state index is 0.234. The Labute approximate surface area is 119 Å². The average molecular weight is 266 g/mol. The number of nitrogens with zero attached hydrogens (tertiary/aromatic N) is 3. The second kappa shape index (κ2) is 6.67. The highest BCUT2D eigenvalue weighted by Gasteiger charge is 2.02. The normalized spacial score (nSPS) is 10.3. The maximum atomic E-state index is 8.49. The molecule has 0 aliphatic rings. The van der Waals surface area contributed by atoms with Gasteiger partial charge in [-0.15, -0.1) is 10.2 Å². The Morgan fingerprint density at radius 1 is 1.10 bits per heavy atom. The summed E-state index contributed by atoms with van der Waals surface area (Å²) in [6.45, 7) is 4.66. The highest BCUT2D eigenvalue weighted by molar-refractivity contribution is 5.59. The fraction of sp³-hybridized carbons (Fsp3) is 0.312. The molecular weight excluding hydrogens is 248 g/mol. The van der Waals surface area contributed by atoms with Crippen molar-refractivity contribution in [1.29, 1.82) is 5.26 Å². The summed E-state index contributed by atoms with van der Waals surface area (Å²) in [5.74, 6) is 1.28. The van der Waals surface area contributed by atoms with E-state index in [0.717, 1.165) is 17.7 Å². The molecule has 0 aliphatic carbocycles. The summed E-state index contributed by atoms with van der Waals surface area (Å²) >= 11 is 0. The number of aromatic nitrogens is 2. The summed E-state index contributed by atoms with van der Waals surface area (Å²) < 4.78 is 0. The van der Waals surface area contributed by atoms with Crippen LogP contribution in [0, 0.1) is 17.2 Å². The lowest BCUT2D eigenvalue weighted by Gasteiger charge is -2.06. The molecule has 0 saturated carbocycles. The predicted molar refractivity (Wildman–Crippen MR) is 80.1 cm³/mol. The van der Waals surface area contributed by atoms with E-state index in [1.54, 1.807) is 0 Å². The molecule has 2 aromatic rings. The quantitative estimate of drug-likeness (QED) is 0.844. The molecule has 0 amide bonds. The number of nitriles is 1. The van der Waals surface area contributed by atoms with Crippen molar-refractivity contribution >= 4 is 5.82 Å². The van der Waals surface area contributed by atoms with Crippen molar-refractivity contribution in [2.75, 3.05) is 11.9 Å². The first-order valence-electron chi connectivity index (χ1n) is 6.73. The van der Waals surface area contributed by atoms with Gasteiger partial charge in [0.2, 0.25) is 0 Å². The molecule has 2 rings (SSSR count). The molecule has 4 nitrogen and oxygen atoms in total. The standard InChI is InChI=1S/C16H18N4/c1-12(2)11-13-3-5-14(6-4-13)15-7-8-16(20-19-15)18-10-9-17/h3-8,12H,10-11H2,1-2H3,(H,18,20). The van der Waals surface area contributed by atoms with Gasteiger partial charge >= 0.3 is 0 Å². The molecule has 0 fully saturated rings. The Kier molecular flexibility index (Phi) is 4.67. The lowest BCUT2D eigenvalue weighted by Crippen LogP contribution is -2.02. The molecule has 0 aliphatic heterocycles. The molecule has 1 aromatic heterocycles. The molecule has 0 unspecified atom stereocenters. The number of rotatable bonds is 5. The maximum absolute atomic E-state index is 8.49. The van der Waals surface area contributed by atoms with Crippen molar-refractivity contribution in [3.63, 3.8) is 0 Å². The minimum Gasteiger partial charge on any atom is -0.356 e. The summed E-state index contributed by atoms with van der Waals surface area (Å²) in [5, 5.41) is 19.6. The smallest absolute Gasteiger partial charge is 0.149 e. The van der Waals surface area contributed by atoms with Gasteiger partial charge in [-0.2, -0.15) is 5.26 Å². The fourth-order valence-corrected chi connectivity index (χ4v) is 1.99. The van der Waals surface area contributed by atoms with Gasteiger partial charge in [0.15, 0.2) is 0 Å². The van der Waals surface area contributed by atoms with E-state index in [-0.39, 0.29) is 6.54 Å². The molecule has 0 radical (unpaired) electrons. The Balaban J connectivity index is 2.09. The third-order valence-electron chi connectivity index (χ3n) is 2.91. The van der Waals surface area contributed by atoms with Crippen molar-refractivity contribution < 1.29 is 0 Å². The first-order valence-corrected chi connectivity index (χ1v) is 6.73. The van der Waals surface area contributed by atoms with Gasteiger partial charge in [-0.05, 0) is 30.0 Å². The van der Waals surface area contributed by atoms with Crippen LogP contribution in [0.5, 0.6) is 0 Å². The van der Waals surface area contributed by atoms with Gasteiger partial charge in [0.05, 0.1) is 11.8 Å². The monoisotopic (exact) mass is 266 g/mol. The van der Waals surface area contributed by atoms with Crippen LogP contribution < -0.4 is 5.32 Å². The van der Waals surface area contributed by atoms with Gasteiger partial charge in [0, 0.05) is 5.56 Å². The summed E-state index contributed by atoms with van der Waals surface area (Å²) in [6, 6.07) is 14.2. The van der Waals surface area contributed by atoms with E-state index in [1.165, 1.54) is 5.56 Å². The molecular formula is C16H18N4. The number of hydrogen-bond acceptors (Lipinski definition) is 4. The predicted octanol–water partition coefficient (Wildman–Crippen LogP) is 3.28. The van der Waals surface area contributed by atoms with Crippen molar-refractivity contribution in [1.82, 2.24) is 10.2 Å². The van der Waals surface area contributed by atoms with Gasteiger partial charge in [-0.3, -0.25) is 0 Å². The summed E-state index contributed by atoms with van der Waals surface area (Å²) in [4.78, 5) is 0. The van der Waals surface area contributed by atoms with Crippen LogP contribution in [0.25, 0.3) is 11.3 Å². The van der Waals surface area contributed by atoms with E-state index in [0.29, 0.717) is 11.7 Å². The third-order valence-corrected chi connectivity index (χ3v) is 2.91. The Morgan fingerprint density at radius 3 is 2.40 bits per heavy atom. The zero-order chi connectivity index (χ0) is 14.4. The van der Waals surface area contributed by atoms with E-state index in [4.69, 9.17) is 5.26 Å². The molecule has 1 N–H and O–H groups in total. The highest BCUT2D eigenvalue weighted by Crippen LogP contribution is 2.19. The third kappa shape index (κ3) is 3.79. The summed E-state index contributed by atoms with van der Waals surface area (Å²) in [6.07, 6.45) is 1.09. The van der Waals surface area contributed by atoms with Crippen LogP contribution in [0.2, 0.25) is 0 Å². The van der Waals surface area contributed by atoms with Gasteiger partial charge in [0.25, 0.3) is 0 Å². The van der Waals surface area contributed by atoms with E-state index in [9.17, 15) is 0 Å². The molecule has 1 aromatic carbocycles. The van der Waals surface area contributed by atoms with Gasteiger partial charge < -0.3 is 5.32 Å². The number of anilines is 1. The van der Waals surface area contributed by atoms with Crippen LogP contribution in [0.1, 0.15) is 19.4 Å². The summed E-state index contributed by atoms with van der Waals surface area (Å²) in [5.41, 5.74) is 3.23. The molecule has 20 heavy (non-hydrogen) atoms.